The molecule has 0 radical (unpaired) electrons. The van der Waals surface area contributed by atoms with Crippen molar-refractivity contribution in [2.75, 3.05) is 39.3 Å². The maximum atomic E-state index is 13.5. The Bertz CT molecular complexity index is 965. The van der Waals surface area contributed by atoms with Crippen LogP contribution in [0, 0.1) is 0 Å². The molecule has 0 bridgehead atoms. The maximum Gasteiger partial charge on any atom is 0.171 e. The number of rotatable bonds is 9. The number of ether oxygens (including phenoxy) is 1. The van der Waals surface area contributed by atoms with Crippen LogP contribution >= 0.6 is 0 Å². The third kappa shape index (κ3) is 5.84. The van der Waals surface area contributed by atoms with Crippen molar-refractivity contribution in [1.29, 1.82) is 0 Å². The van der Waals surface area contributed by atoms with Crippen molar-refractivity contribution in [3.63, 3.8) is 0 Å². The summed E-state index contributed by atoms with van der Waals surface area (Å²) in [7, 11) is 0. The molecule has 1 heterocycles. The van der Waals surface area contributed by atoms with Crippen molar-refractivity contribution in [2.45, 2.75) is 19.4 Å². The highest BCUT2D eigenvalue weighted by atomic mass is 16.5. The van der Waals surface area contributed by atoms with Crippen LogP contribution in [0.5, 0.6) is 5.75 Å². The quantitative estimate of drug-likeness (QED) is 0.455. The molecule has 1 unspecified atom stereocenters. The monoisotopic (exact) mass is 428 g/mol. The number of nitrogens with zero attached hydrogens (tertiary/aromatic N) is 2. The molecule has 4 rings (SSSR count). The van der Waals surface area contributed by atoms with Crippen molar-refractivity contribution in [1.82, 2.24) is 9.80 Å². The lowest BCUT2D eigenvalue weighted by atomic mass is 9.90. The smallest absolute Gasteiger partial charge is 0.171 e. The van der Waals surface area contributed by atoms with E-state index in [-0.39, 0.29) is 11.7 Å². The van der Waals surface area contributed by atoms with E-state index >= 15 is 0 Å². The van der Waals surface area contributed by atoms with Crippen LogP contribution in [0.25, 0.3) is 0 Å². The Labute approximate surface area is 191 Å². The summed E-state index contributed by atoms with van der Waals surface area (Å²) in [6.07, 6.45) is 0. The third-order valence-electron chi connectivity index (χ3n) is 6.12. The average Bonchev–Trinajstić information content (AvgIpc) is 2.85. The highest BCUT2D eigenvalue weighted by Crippen LogP contribution is 2.24. The van der Waals surface area contributed by atoms with Crippen LogP contribution in [-0.4, -0.2) is 54.9 Å². The molecule has 4 heteroatoms. The summed E-state index contributed by atoms with van der Waals surface area (Å²) in [5.41, 5.74) is 3.18. The number of hydrogen-bond acceptors (Lipinski definition) is 4. The molecule has 0 spiro atoms. The van der Waals surface area contributed by atoms with Crippen LogP contribution in [0.1, 0.15) is 34.3 Å². The van der Waals surface area contributed by atoms with E-state index in [0.29, 0.717) is 6.61 Å². The van der Waals surface area contributed by atoms with E-state index in [1.807, 2.05) is 49.4 Å². The third-order valence-corrected chi connectivity index (χ3v) is 6.12. The van der Waals surface area contributed by atoms with E-state index in [9.17, 15) is 4.79 Å². The Morgan fingerprint density at radius 3 is 2.03 bits per heavy atom. The zero-order valence-electron chi connectivity index (χ0n) is 18.8. The van der Waals surface area contributed by atoms with Gasteiger partial charge in [0, 0.05) is 44.8 Å². The number of hydrogen-bond donors (Lipinski definition) is 0. The van der Waals surface area contributed by atoms with Gasteiger partial charge in [-0.2, -0.15) is 0 Å². The zero-order chi connectivity index (χ0) is 22.2. The normalized spacial score (nSPS) is 15.9. The van der Waals surface area contributed by atoms with Gasteiger partial charge in [0.05, 0.1) is 12.5 Å². The van der Waals surface area contributed by atoms with Crippen molar-refractivity contribution in [3.05, 3.63) is 102 Å². The van der Waals surface area contributed by atoms with Crippen molar-refractivity contribution in [2.24, 2.45) is 0 Å². The van der Waals surface area contributed by atoms with Gasteiger partial charge in [-0.15, -0.1) is 0 Å². The Balaban J connectivity index is 1.42. The first-order valence-corrected chi connectivity index (χ1v) is 11.5. The highest BCUT2D eigenvalue weighted by Gasteiger charge is 2.26. The molecule has 0 N–H and O–H groups in total. The predicted octanol–water partition coefficient (Wildman–Crippen LogP) is 4.87. The van der Waals surface area contributed by atoms with Gasteiger partial charge in [-0.25, -0.2) is 0 Å². The molecule has 3 aromatic rings. The number of benzene rings is 3. The van der Waals surface area contributed by atoms with Gasteiger partial charge in [0.15, 0.2) is 5.78 Å². The van der Waals surface area contributed by atoms with Crippen LogP contribution in [0.3, 0.4) is 0 Å². The van der Waals surface area contributed by atoms with Gasteiger partial charge in [0.25, 0.3) is 0 Å². The largest absolute Gasteiger partial charge is 0.494 e. The lowest BCUT2D eigenvalue weighted by molar-refractivity contribution is 0.0880. The second-order valence-electron chi connectivity index (χ2n) is 8.35. The summed E-state index contributed by atoms with van der Waals surface area (Å²) in [4.78, 5) is 18.4. The van der Waals surface area contributed by atoms with Crippen LogP contribution in [-0.2, 0) is 6.54 Å². The molecule has 1 aliphatic rings. The molecule has 3 aromatic carbocycles. The van der Waals surface area contributed by atoms with E-state index < -0.39 is 0 Å². The van der Waals surface area contributed by atoms with E-state index in [2.05, 4.69) is 52.3 Å². The molecule has 166 valence electrons. The lowest BCUT2D eigenvalue weighted by Crippen LogP contribution is -2.47. The van der Waals surface area contributed by atoms with Crippen LogP contribution in [0.15, 0.2) is 84.9 Å². The SMILES string of the molecule is CCOc1ccc(C(=O)C(CN2CCN(Cc3ccccc3)CC2)c2ccccc2)cc1. The fraction of sp³-hybridized carbons (Fsp3) is 0.321. The molecule has 0 aliphatic carbocycles. The Kier molecular flexibility index (Phi) is 7.70. The molecular weight excluding hydrogens is 396 g/mol. The van der Waals surface area contributed by atoms with Gasteiger partial charge < -0.3 is 4.74 Å². The topological polar surface area (TPSA) is 32.8 Å². The van der Waals surface area contributed by atoms with Gasteiger partial charge in [-0.05, 0) is 42.3 Å². The van der Waals surface area contributed by atoms with E-state index in [4.69, 9.17) is 4.74 Å². The fourth-order valence-electron chi connectivity index (χ4n) is 4.34. The van der Waals surface area contributed by atoms with E-state index in [0.717, 1.165) is 56.1 Å². The minimum Gasteiger partial charge on any atom is -0.494 e. The van der Waals surface area contributed by atoms with Gasteiger partial charge >= 0.3 is 0 Å². The van der Waals surface area contributed by atoms with Gasteiger partial charge in [-0.3, -0.25) is 14.6 Å². The Morgan fingerprint density at radius 2 is 1.41 bits per heavy atom. The summed E-state index contributed by atoms with van der Waals surface area (Å²) in [6.45, 7) is 8.32. The number of piperazine rings is 1. The molecule has 1 atom stereocenters. The number of ketones is 1. The molecule has 0 aromatic heterocycles. The van der Waals surface area contributed by atoms with Crippen molar-refractivity contribution < 1.29 is 9.53 Å². The molecule has 4 nitrogen and oxygen atoms in total. The highest BCUT2D eigenvalue weighted by molar-refractivity contribution is 6.01. The number of carbonyl (C=O) groups excluding carboxylic acids is 1. The Morgan fingerprint density at radius 1 is 0.812 bits per heavy atom. The summed E-state index contributed by atoms with van der Waals surface area (Å²) in [6, 6.07) is 28.4. The minimum atomic E-state index is -0.171. The average molecular weight is 429 g/mol. The molecule has 1 saturated heterocycles. The molecule has 0 amide bonds. The van der Waals surface area contributed by atoms with Gasteiger partial charge in [0.1, 0.15) is 5.75 Å². The minimum absolute atomic E-state index is 0.171. The van der Waals surface area contributed by atoms with Gasteiger partial charge in [-0.1, -0.05) is 60.7 Å². The number of Topliss-reactive ketones (excluding diaryl/α,β-unsaturated/α-hetero) is 1. The first kappa shape index (κ1) is 22.3. The van der Waals surface area contributed by atoms with Gasteiger partial charge in [0.2, 0.25) is 0 Å². The molecule has 1 aliphatic heterocycles. The molecule has 0 saturated carbocycles. The molecular formula is C28H32N2O2. The second kappa shape index (κ2) is 11.1. The Hall–Kier alpha value is -2.95. The van der Waals surface area contributed by atoms with Crippen molar-refractivity contribution in [3.8, 4) is 5.75 Å². The zero-order valence-corrected chi connectivity index (χ0v) is 18.8. The molecule has 32 heavy (non-hydrogen) atoms. The predicted molar refractivity (Wildman–Crippen MR) is 129 cm³/mol. The standard InChI is InChI=1S/C28H32N2O2/c1-2-32-26-15-13-25(14-16-26)28(31)27(24-11-7-4-8-12-24)22-30-19-17-29(18-20-30)21-23-9-5-3-6-10-23/h3-16,27H,2,17-22H2,1H3. The van der Waals surface area contributed by atoms with E-state index in [1.54, 1.807) is 0 Å². The van der Waals surface area contributed by atoms with Crippen LogP contribution in [0.2, 0.25) is 0 Å². The first-order valence-electron chi connectivity index (χ1n) is 11.5. The summed E-state index contributed by atoms with van der Waals surface area (Å²) in [5.74, 6) is 0.802. The summed E-state index contributed by atoms with van der Waals surface area (Å²) >= 11 is 0. The van der Waals surface area contributed by atoms with E-state index in [1.165, 1.54) is 5.56 Å². The van der Waals surface area contributed by atoms with Crippen LogP contribution < -0.4 is 4.74 Å². The first-order chi connectivity index (χ1) is 15.7. The fourth-order valence-corrected chi connectivity index (χ4v) is 4.34. The van der Waals surface area contributed by atoms with Crippen LogP contribution in [0.4, 0.5) is 0 Å². The van der Waals surface area contributed by atoms with Crippen molar-refractivity contribution >= 4 is 5.78 Å². The second-order valence-corrected chi connectivity index (χ2v) is 8.35. The maximum absolute atomic E-state index is 13.5. The summed E-state index contributed by atoms with van der Waals surface area (Å²) < 4.78 is 5.54. The lowest BCUT2D eigenvalue weighted by Gasteiger charge is -2.36. The summed E-state index contributed by atoms with van der Waals surface area (Å²) in [5, 5.41) is 0. The number of carbonyl (C=O) groups is 1. The molecule has 1 fully saturated rings.